The van der Waals surface area contributed by atoms with Crippen molar-refractivity contribution in [3.63, 3.8) is 0 Å². The summed E-state index contributed by atoms with van der Waals surface area (Å²) in [6.45, 7) is 9.50. The van der Waals surface area contributed by atoms with E-state index in [4.69, 9.17) is 9.97 Å². The molecule has 0 radical (unpaired) electrons. The highest BCUT2D eigenvalue weighted by Gasteiger charge is 2.44. The molecule has 0 atom stereocenters. The van der Waals surface area contributed by atoms with Gasteiger partial charge in [-0.2, -0.15) is 0 Å². The monoisotopic (exact) mass is 708 g/mol. The maximum absolute atomic E-state index is 5.06. The van der Waals surface area contributed by atoms with Crippen molar-refractivity contribution >= 4 is 72.7 Å². The normalized spacial score (nSPS) is 14.3. The van der Waals surface area contributed by atoms with Gasteiger partial charge in [0.1, 0.15) is 18.1 Å². The van der Waals surface area contributed by atoms with E-state index in [-0.39, 0.29) is 0 Å². The highest BCUT2D eigenvalue weighted by molar-refractivity contribution is 7.22. The second kappa shape index (κ2) is 12.5. The van der Waals surface area contributed by atoms with E-state index in [0.29, 0.717) is 0 Å². The standard InChI is InChI=1S/C46H36N2S2Si/c1-29-13-9-15-31(25-29)41-42(32-16-10-14-30(2)26-32)44(34-18-12-20-36(28-34)46-48-38-22-6-8-24-40(38)50-46)51(3,4)43(41)33-17-11-19-35(27-33)45-47-37-21-5-7-23-39(37)49-45/h5-28H,1-4H3. The molecule has 51 heavy (non-hydrogen) atoms. The highest BCUT2D eigenvalue weighted by Crippen LogP contribution is 2.56. The van der Waals surface area contributed by atoms with Crippen molar-refractivity contribution in [1.29, 1.82) is 0 Å². The summed E-state index contributed by atoms with van der Waals surface area (Å²) in [6, 6.07) is 53.4. The molecule has 0 spiro atoms. The SMILES string of the molecule is Cc1cccc(C2=C(c3cccc(-c4nc5ccccc5s4)c3)[Si](C)(C)C(c3cccc(-c4nc5ccccc5s4)c3)=C2c2cccc(C)c2)c1. The molecule has 0 N–H and O–H groups in total. The largest absolute Gasteiger partial charge is 0.236 e. The van der Waals surface area contributed by atoms with E-state index in [9.17, 15) is 0 Å². The van der Waals surface area contributed by atoms with Crippen LogP contribution in [0.25, 0.3) is 63.1 Å². The van der Waals surface area contributed by atoms with Crippen LogP contribution in [0.5, 0.6) is 0 Å². The first-order chi connectivity index (χ1) is 24.8. The Hall–Kier alpha value is -5.20. The number of aromatic nitrogens is 2. The fourth-order valence-corrected chi connectivity index (χ4v) is 13.5. The summed E-state index contributed by atoms with van der Waals surface area (Å²) in [4.78, 5) is 10.1. The summed E-state index contributed by atoms with van der Waals surface area (Å²) in [7, 11) is -2.39. The molecule has 0 unspecified atom stereocenters. The number of nitrogens with zero attached hydrogens (tertiary/aromatic N) is 2. The van der Waals surface area contributed by atoms with Gasteiger partial charge in [0.25, 0.3) is 0 Å². The molecule has 3 heterocycles. The maximum Gasteiger partial charge on any atom is 0.124 e. The van der Waals surface area contributed by atoms with Crippen LogP contribution in [-0.4, -0.2) is 18.0 Å². The Morgan fingerprint density at radius 1 is 0.412 bits per heavy atom. The Morgan fingerprint density at radius 3 is 1.24 bits per heavy atom. The van der Waals surface area contributed by atoms with Crippen LogP contribution >= 0.6 is 22.7 Å². The fraction of sp³-hybridized carbons (Fsp3) is 0.0870. The average molecular weight is 709 g/mol. The molecular formula is C46H36N2S2Si. The molecule has 1 aliphatic heterocycles. The zero-order valence-electron chi connectivity index (χ0n) is 29.1. The molecule has 8 aromatic rings. The first-order valence-electron chi connectivity index (χ1n) is 17.4. The lowest BCUT2D eigenvalue weighted by Crippen LogP contribution is -2.28. The third-order valence-corrected chi connectivity index (χ3v) is 15.7. The Labute approximate surface area is 308 Å². The number of rotatable bonds is 6. The van der Waals surface area contributed by atoms with E-state index in [0.717, 1.165) is 32.2 Å². The van der Waals surface area contributed by atoms with Crippen LogP contribution in [0, 0.1) is 13.8 Å². The molecule has 0 amide bonds. The van der Waals surface area contributed by atoms with E-state index in [2.05, 4.69) is 173 Å². The molecule has 1 aliphatic rings. The summed E-state index contributed by atoms with van der Waals surface area (Å²) < 4.78 is 2.43. The number of fused-ring (bicyclic) bond motifs is 2. The highest BCUT2D eigenvalue weighted by atomic mass is 32.1. The predicted molar refractivity (Wildman–Crippen MR) is 224 cm³/mol. The Morgan fingerprint density at radius 2 is 0.804 bits per heavy atom. The summed E-state index contributed by atoms with van der Waals surface area (Å²) in [6.07, 6.45) is 0. The third-order valence-electron chi connectivity index (χ3n) is 10.00. The van der Waals surface area contributed by atoms with Crippen LogP contribution in [0.1, 0.15) is 33.4 Å². The van der Waals surface area contributed by atoms with Crippen LogP contribution in [0.3, 0.4) is 0 Å². The molecule has 0 bridgehead atoms. The van der Waals surface area contributed by atoms with Crippen molar-refractivity contribution in [2.75, 3.05) is 0 Å². The first kappa shape index (κ1) is 31.8. The lowest BCUT2D eigenvalue weighted by atomic mass is 9.88. The molecule has 2 nitrogen and oxygen atoms in total. The van der Waals surface area contributed by atoms with Gasteiger partial charge in [0, 0.05) is 11.1 Å². The fourth-order valence-electron chi connectivity index (χ4n) is 7.80. The minimum absolute atomic E-state index is 1.05. The number of aryl methyl sites for hydroxylation is 2. The van der Waals surface area contributed by atoms with Crippen LogP contribution < -0.4 is 0 Å². The molecular weight excluding hydrogens is 673 g/mol. The van der Waals surface area contributed by atoms with Gasteiger partial charge in [0.15, 0.2) is 0 Å². The van der Waals surface area contributed by atoms with Gasteiger partial charge in [-0.1, -0.05) is 133 Å². The lowest BCUT2D eigenvalue weighted by Gasteiger charge is -2.27. The van der Waals surface area contributed by atoms with E-state index >= 15 is 0 Å². The van der Waals surface area contributed by atoms with Crippen LogP contribution in [0.2, 0.25) is 13.1 Å². The van der Waals surface area contributed by atoms with Gasteiger partial charge in [-0.15, -0.1) is 22.7 Å². The zero-order chi connectivity index (χ0) is 34.7. The minimum Gasteiger partial charge on any atom is -0.236 e. The Balaban J connectivity index is 1.30. The van der Waals surface area contributed by atoms with Crippen molar-refractivity contribution in [1.82, 2.24) is 9.97 Å². The second-order valence-corrected chi connectivity index (χ2v) is 20.3. The molecule has 5 heteroatoms. The molecule has 246 valence electrons. The van der Waals surface area contributed by atoms with Gasteiger partial charge in [-0.3, -0.25) is 0 Å². The second-order valence-electron chi connectivity index (χ2n) is 14.0. The van der Waals surface area contributed by atoms with Crippen molar-refractivity contribution in [3.8, 4) is 21.1 Å². The van der Waals surface area contributed by atoms with Crippen molar-refractivity contribution < 1.29 is 0 Å². The smallest absolute Gasteiger partial charge is 0.124 e. The average Bonchev–Trinajstić information content (AvgIpc) is 3.84. The van der Waals surface area contributed by atoms with E-state index in [1.807, 2.05) is 0 Å². The lowest BCUT2D eigenvalue weighted by molar-refractivity contribution is 1.44. The minimum atomic E-state index is -2.39. The van der Waals surface area contributed by atoms with Crippen LogP contribution in [-0.2, 0) is 0 Å². The molecule has 2 aromatic heterocycles. The molecule has 6 aromatic carbocycles. The number of para-hydroxylation sites is 2. The Bertz CT molecular complexity index is 2460. The molecule has 0 saturated heterocycles. The van der Waals surface area contributed by atoms with E-state index < -0.39 is 8.07 Å². The first-order valence-corrected chi connectivity index (χ1v) is 22.0. The maximum atomic E-state index is 5.06. The molecule has 0 fully saturated rings. The van der Waals surface area contributed by atoms with Gasteiger partial charge in [-0.25, -0.2) is 9.97 Å². The van der Waals surface area contributed by atoms with Crippen molar-refractivity contribution in [2.45, 2.75) is 26.9 Å². The summed E-state index contributed by atoms with van der Waals surface area (Å²) >= 11 is 3.53. The van der Waals surface area contributed by atoms with Gasteiger partial charge in [-0.05, 0) is 94.0 Å². The van der Waals surface area contributed by atoms with Crippen LogP contribution in [0.15, 0.2) is 146 Å². The van der Waals surface area contributed by atoms with Gasteiger partial charge < -0.3 is 0 Å². The van der Waals surface area contributed by atoms with E-state index in [1.54, 1.807) is 22.7 Å². The summed E-state index contributed by atoms with van der Waals surface area (Å²) in [5.41, 5.74) is 14.8. The van der Waals surface area contributed by atoms with Crippen LogP contribution in [0.4, 0.5) is 0 Å². The Kier molecular flexibility index (Phi) is 7.80. The third kappa shape index (κ3) is 5.62. The topological polar surface area (TPSA) is 25.8 Å². The molecule has 9 rings (SSSR count). The molecule has 0 saturated carbocycles. The van der Waals surface area contributed by atoms with Gasteiger partial charge >= 0.3 is 0 Å². The van der Waals surface area contributed by atoms with Gasteiger partial charge in [0.2, 0.25) is 0 Å². The number of thiazole rings is 2. The van der Waals surface area contributed by atoms with E-state index in [1.165, 1.54) is 64.3 Å². The number of hydrogen-bond donors (Lipinski definition) is 0. The molecule has 0 aliphatic carbocycles. The number of hydrogen-bond acceptors (Lipinski definition) is 4. The summed E-state index contributed by atoms with van der Waals surface area (Å²) in [5, 5.41) is 5.05. The van der Waals surface area contributed by atoms with Crippen molar-refractivity contribution in [2.24, 2.45) is 0 Å². The zero-order valence-corrected chi connectivity index (χ0v) is 31.7. The number of benzene rings is 6. The quantitative estimate of drug-likeness (QED) is 0.161. The van der Waals surface area contributed by atoms with Gasteiger partial charge in [0.05, 0.1) is 20.4 Å². The number of allylic oxidation sites excluding steroid dienone is 2. The summed E-state index contributed by atoms with van der Waals surface area (Å²) in [5.74, 6) is 0. The van der Waals surface area contributed by atoms with Crippen molar-refractivity contribution in [3.05, 3.63) is 179 Å². The predicted octanol–water partition coefficient (Wildman–Crippen LogP) is 13.2.